The van der Waals surface area contributed by atoms with Gasteiger partial charge in [-0.15, -0.1) is 0 Å². The van der Waals surface area contributed by atoms with Crippen LogP contribution >= 0.6 is 0 Å². The van der Waals surface area contributed by atoms with Crippen LogP contribution in [0.5, 0.6) is 0 Å². The van der Waals surface area contributed by atoms with Crippen molar-refractivity contribution in [3.8, 4) is 11.1 Å². The van der Waals surface area contributed by atoms with Gasteiger partial charge in [0.15, 0.2) is 0 Å². The summed E-state index contributed by atoms with van der Waals surface area (Å²) in [5, 5.41) is 15.2. The Morgan fingerprint density at radius 3 is 2.17 bits per heavy atom. The molecule has 2 amide bonds. The Kier molecular flexibility index (Phi) is 6.75. The first-order chi connectivity index (χ1) is 17.0. The van der Waals surface area contributed by atoms with E-state index in [0.29, 0.717) is 25.2 Å². The van der Waals surface area contributed by atoms with Gasteiger partial charge in [-0.25, -0.2) is 9.59 Å². The maximum Gasteiger partial charge on any atom is 0.407 e. The molecule has 0 aliphatic heterocycles. The molecule has 0 heterocycles. The minimum Gasteiger partial charge on any atom is -0.480 e. The van der Waals surface area contributed by atoms with E-state index in [1.165, 1.54) is 11.1 Å². The first kappa shape index (κ1) is 23.4. The summed E-state index contributed by atoms with van der Waals surface area (Å²) < 4.78 is 5.67. The lowest BCUT2D eigenvalue weighted by molar-refractivity contribution is -0.143. The standard InChI is InChI=1S/C28H32N2O5/c31-26(29-25(27(32)33)15-17-13-14-17)22-11-5-6-12-24(22)30-28(34)35-16-23-20-9-3-1-7-18(20)19-8-2-4-10-21(19)23/h1-4,7-10,17,22-25H,5-6,11-16H2,(H,29,31)(H,30,34)(H,32,33)/t22-,24+,25+/m1/s1. The molecule has 2 aromatic carbocycles. The van der Waals surface area contributed by atoms with E-state index in [1.807, 2.05) is 24.3 Å². The number of nitrogens with one attached hydrogen (secondary N) is 2. The van der Waals surface area contributed by atoms with E-state index >= 15 is 0 Å². The average molecular weight is 477 g/mol. The summed E-state index contributed by atoms with van der Waals surface area (Å²) in [6.07, 6.45) is 5.05. The Balaban J connectivity index is 1.20. The topological polar surface area (TPSA) is 105 Å². The molecule has 5 rings (SSSR count). The maximum atomic E-state index is 13.0. The Morgan fingerprint density at radius 1 is 0.914 bits per heavy atom. The van der Waals surface area contributed by atoms with E-state index in [9.17, 15) is 19.5 Å². The Labute approximate surface area is 205 Å². The molecular weight excluding hydrogens is 444 g/mol. The highest BCUT2D eigenvalue weighted by Gasteiger charge is 2.36. The largest absolute Gasteiger partial charge is 0.480 e. The summed E-state index contributed by atoms with van der Waals surface area (Å²) in [7, 11) is 0. The summed E-state index contributed by atoms with van der Waals surface area (Å²) in [6.45, 7) is 0.214. The number of fused-ring (bicyclic) bond motifs is 3. The highest BCUT2D eigenvalue weighted by molar-refractivity contribution is 5.86. The van der Waals surface area contributed by atoms with E-state index in [2.05, 4.69) is 34.9 Å². The predicted octanol–water partition coefficient (Wildman–Crippen LogP) is 4.45. The number of aliphatic carboxylic acids is 1. The van der Waals surface area contributed by atoms with Gasteiger partial charge in [-0.05, 0) is 47.4 Å². The van der Waals surface area contributed by atoms with Gasteiger partial charge in [0.05, 0.1) is 5.92 Å². The molecule has 2 aromatic rings. The van der Waals surface area contributed by atoms with Crippen molar-refractivity contribution >= 4 is 18.0 Å². The maximum absolute atomic E-state index is 13.0. The molecule has 3 aliphatic carbocycles. The van der Waals surface area contributed by atoms with Crippen LogP contribution in [0.3, 0.4) is 0 Å². The minimum absolute atomic E-state index is 0.0302. The average Bonchev–Trinajstić information content (AvgIpc) is 3.63. The van der Waals surface area contributed by atoms with Crippen LogP contribution in [0.2, 0.25) is 0 Å². The van der Waals surface area contributed by atoms with Crippen molar-refractivity contribution in [3.63, 3.8) is 0 Å². The molecule has 2 fully saturated rings. The molecule has 0 saturated heterocycles. The van der Waals surface area contributed by atoms with Crippen LogP contribution < -0.4 is 10.6 Å². The van der Waals surface area contributed by atoms with Gasteiger partial charge in [-0.3, -0.25) is 4.79 Å². The van der Waals surface area contributed by atoms with E-state index in [-0.39, 0.29) is 24.5 Å². The van der Waals surface area contributed by atoms with Gasteiger partial charge in [-0.1, -0.05) is 74.2 Å². The van der Waals surface area contributed by atoms with Gasteiger partial charge in [0.25, 0.3) is 0 Å². The lowest BCUT2D eigenvalue weighted by Gasteiger charge is -2.32. The highest BCUT2D eigenvalue weighted by atomic mass is 16.5. The Bertz CT molecular complexity index is 1070. The lowest BCUT2D eigenvalue weighted by Crippen LogP contribution is -2.52. The van der Waals surface area contributed by atoms with Gasteiger partial charge in [0, 0.05) is 12.0 Å². The van der Waals surface area contributed by atoms with Crippen LogP contribution in [0, 0.1) is 11.8 Å². The molecule has 3 N–H and O–H groups in total. The van der Waals surface area contributed by atoms with E-state index in [1.54, 1.807) is 0 Å². The zero-order valence-electron chi connectivity index (χ0n) is 19.7. The van der Waals surface area contributed by atoms with Crippen molar-refractivity contribution in [1.29, 1.82) is 0 Å². The first-order valence-electron chi connectivity index (χ1n) is 12.7. The second-order valence-corrected chi connectivity index (χ2v) is 10.0. The van der Waals surface area contributed by atoms with E-state index in [4.69, 9.17) is 4.74 Å². The number of hydrogen-bond donors (Lipinski definition) is 3. The number of carboxylic acids is 1. The SMILES string of the molecule is O=C(N[C@H]1CCCC[C@H]1C(=O)N[C@@H](CC1CC1)C(=O)O)OCC1c2ccccc2-c2ccccc21. The summed E-state index contributed by atoms with van der Waals surface area (Å²) in [4.78, 5) is 37.4. The molecule has 0 unspecified atom stereocenters. The number of carbonyl (C=O) groups is 3. The normalized spacial score (nSPS) is 21.9. The molecule has 184 valence electrons. The molecule has 35 heavy (non-hydrogen) atoms. The van der Waals surface area contributed by atoms with Gasteiger partial charge < -0.3 is 20.5 Å². The highest BCUT2D eigenvalue weighted by Crippen LogP contribution is 2.44. The quantitative estimate of drug-likeness (QED) is 0.522. The monoisotopic (exact) mass is 476 g/mol. The predicted molar refractivity (Wildman–Crippen MR) is 131 cm³/mol. The second-order valence-electron chi connectivity index (χ2n) is 10.0. The summed E-state index contributed by atoms with van der Waals surface area (Å²) >= 11 is 0. The zero-order chi connectivity index (χ0) is 24.4. The van der Waals surface area contributed by atoms with Crippen LogP contribution in [0.4, 0.5) is 4.79 Å². The molecule has 3 atom stereocenters. The fourth-order valence-electron chi connectivity index (χ4n) is 5.60. The molecule has 7 heteroatoms. The molecule has 0 bridgehead atoms. The lowest BCUT2D eigenvalue weighted by atomic mass is 9.83. The van der Waals surface area contributed by atoms with Crippen LogP contribution in [-0.2, 0) is 14.3 Å². The van der Waals surface area contributed by atoms with Crippen molar-refractivity contribution in [3.05, 3.63) is 59.7 Å². The summed E-state index contributed by atoms with van der Waals surface area (Å²) in [6, 6.07) is 15.1. The number of benzene rings is 2. The molecular formula is C28H32N2O5. The third-order valence-corrected chi connectivity index (χ3v) is 7.63. The van der Waals surface area contributed by atoms with Gasteiger partial charge >= 0.3 is 12.1 Å². The molecule has 3 aliphatic rings. The van der Waals surface area contributed by atoms with E-state index in [0.717, 1.165) is 36.8 Å². The third-order valence-electron chi connectivity index (χ3n) is 7.63. The van der Waals surface area contributed by atoms with Crippen LogP contribution in [0.1, 0.15) is 62.0 Å². The number of hydrogen-bond acceptors (Lipinski definition) is 4. The molecule has 2 saturated carbocycles. The van der Waals surface area contributed by atoms with Crippen LogP contribution in [0.15, 0.2) is 48.5 Å². The Morgan fingerprint density at radius 2 is 1.54 bits per heavy atom. The molecule has 0 spiro atoms. The Hall–Kier alpha value is -3.35. The number of rotatable bonds is 8. The third kappa shape index (κ3) is 5.19. The van der Waals surface area contributed by atoms with Crippen molar-refractivity contribution in [1.82, 2.24) is 10.6 Å². The van der Waals surface area contributed by atoms with E-state index < -0.39 is 24.0 Å². The van der Waals surface area contributed by atoms with Crippen molar-refractivity contribution in [2.24, 2.45) is 11.8 Å². The first-order valence-corrected chi connectivity index (χ1v) is 12.7. The second kappa shape index (κ2) is 10.1. The van der Waals surface area contributed by atoms with Crippen molar-refractivity contribution < 1.29 is 24.2 Å². The van der Waals surface area contributed by atoms with Crippen LogP contribution in [-0.4, -0.2) is 41.8 Å². The van der Waals surface area contributed by atoms with Crippen molar-refractivity contribution in [2.75, 3.05) is 6.61 Å². The molecule has 7 nitrogen and oxygen atoms in total. The number of ether oxygens (including phenoxy) is 1. The van der Waals surface area contributed by atoms with Gasteiger partial charge in [0.2, 0.25) is 5.91 Å². The van der Waals surface area contributed by atoms with Gasteiger partial charge in [0.1, 0.15) is 12.6 Å². The van der Waals surface area contributed by atoms with Gasteiger partial charge in [-0.2, -0.15) is 0 Å². The number of carboxylic acid groups (broad SMARTS) is 1. The fourth-order valence-corrected chi connectivity index (χ4v) is 5.60. The van der Waals surface area contributed by atoms with Crippen LogP contribution in [0.25, 0.3) is 11.1 Å². The summed E-state index contributed by atoms with van der Waals surface area (Å²) in [5.41, 5.74) is 4.62. The van der Waals surface area contributed by atoms with Crippen molar-refractivity contribution in [2.45, 2.75) is 62.9 Å². The number of amides is 2. The summed E-state index contributed by atoms with van der Waals surface area (Å²) in [5.74, 6) is -1.39. The molecule has 0 aromatic heterocycles. The minimum atomic E-state index is -0.998. The molecule has 0 radical (unpaired) electrons. The number of alkyl carbamates (subject to hydrolysis) is 1. The zero-order valence-corrected chi connectivity index (χ0v) is 19.7. The smallest absolute Gasteiger partial charge is 0.407 e. The number of carbonyl (C=O) groups excluding carboxylic acids is 2. The fraction of sp³-hybridized carbons (Fsp3) is 0.464.